The number of pyridine rings is 1. The maximum atomic E-state index is 11.9. The molecule has 0 saturated heterocycles. The van der Waals surface area contributed by atoms with Gasteiger partial charge < -0.3 is 5.32 Å². The normalized spacial score (nSPS) is 10.7. The molecule has 0 bridgehead atoms. The van der Waals surface area contributed by atoms with Gasteiger partial charge in [-0.1, -0.05) is 19.9 Å². The van der Waals surface area contributed by atoms with Gasteiger partial charge in [-0.25, -0.2) is 5.43 Å². The van der Waals surface area contributed by atoms with E-state index >= 15 is 0 Å². The minimum atomic E-state index is -0.334. The second kappa shape index (κ2) is 7.84. The van der Waals surface area contributed by atoms with E-state index in [2.05, 4.69) is 20.8 Å². The van der Waals surface area contributed by atoms with E-state index in [4.69, 9.17) is 0 Å². The maximum absolute atomic E-state index is 11.9. The van der Waals surface area contributed by atoms with Gasteiger partial charge in [0.05, 0.1) is 11.9 Å². The van der Waals surface area contributed by atoms with Crippen LogP contribution in [0.3, 0.4) is 0 Å². The molecule has 2 amide bonds. The molecular weight excluding hydrogens is 292 g/mol. The molecule has 1 aromatic heterocycles. The summed E-state index contributed by atoms with van der Waals surface area (Å²) < 4.78 is 0. The molecule has 0 radical (unpaired) electrons. The number of carbonyl (C=O) groups excluding carboxylic acids is 2. The number of nitrogens with zero attached hydrogens (tertiary/aromatic N) is 2. The van der Waals surface area contributed by atoms with Gasteiger partial charge in [-0.3, -0.25) is 14.6 Å². The fourth-order valence-corrected chi connectivity index (χ4v) is 1.67. The molecule has 2 rings (SSSR count). The van der Waals surface area contributed by atoms with Gasteiger partial charge >= 0.3 is 0 Å². The third-order valence-corrected chi connectivity index (χ3v) is 2.99. The van der Waals surface area contributed by atoms with Crippen molar-refractivity contribution in [1.82, 2.24) is 10.4 Å². The predicted octanol–water partition coefficient (Wildman–Crippen LogP) is 2.44. The van der Waals surface area contributed by atoms with E-state index in [1.54, 1.807) is 42.6 Å². The average Bonchev–Trinajstić information content (AvgIpc) is 2.56. The zero-order valence-corrected chi connectivity index (χ0v) is 13.0. The monoisotopic (exact) mass is 310 g/mol. The minimum Gasteiger partial charge on any atom is -0.326 e. The van der Waals surface area contributed by atoms with Crippen LogP contribution in [-0.2, 0) is 4.79 Å². The largest absolute Gasteiger partial charge is 0.326 e. The lowest BCUT2D eigenvalue weighted by Crippen LogP contribution is -2.19. The number of anilines is 1. The number of hydrogen-bond donors (Lipinski definition) is 2. The number of benzene rings is 1. The number of rotatable bonds is 5. The standard InChI is InChI=1S/C17H18N4O2/c1-12(2)16(22)20-14-8-6-13(7-9-14)17(23)21-19-11-15-5-3-4-10-18-15/h3-12H,1-2H3,(H,20,22)(H,21,23)/b19-11-. The summed E-state index contributed by atoms with van der Waals surface area (Å²) in [6, 6.07) is 12.0. The van der Waals surface area contributed by atoms with Crippen molar-refractivity contribution in [3.8, 4) is 0 Å². The van der Waals surface area contributed by atoms with Gasteiger partial charge in [-0.15, -0.1) is 0 Å². The highest BCUT2D eigenvalue weighted by molar-refractivity contribution is 5.96. The van der Waals surface area contributed by atoms with Crippen molar-refractivity contribution in [3.05, 3.63) is 59.9 Å². The molecule has 2 N–H and O–H groups in total. The molecule has 118 valence electrons. The molecule has 0 saturated carbocycles. The van der Waals surface area contributed by atoms with Crippen LogP contribution in [0, 0.1) is 5.92 Å². The van der Waals surface area contributed by atoms with Crippen LogP contribution in [0.4, 0.5) is 5.69 Å². The maximum Gasteiger partial charge on any atom is 0.271 e. The molecule has 0 aliphatic rings. The molecule has 1 heterocycles. The van der Waals surface area contributed by atoms with Gasteiger partial charge in [0.1, 0.15) is 0 Å². The van der Waals surface area contributed by atoms with E-state index in [-0.39, 0.29) is 17.7 Å². The lowest BCUT2D eigenvalue weighted by molar-refractivity contribution is -0.118. The van der Waals surface area contributed by atoms with Crippen LogP contribution in [0.2, 0.25) is 0 Å². The summed E-state index contributed by atoms with van der Waals surface area (Å²) in [6.07, 6.45) is 3.11. The molecule has 0 aliphatic carbocycles. The van der Waals surface area contributed by atoms with Crippen molar-refractivity contribution in [2.24, 2.45) is 11.0 Å². The second-order valence-electron chi connectivity index (χ2n) is 5.18. The highest BCUT2D eigenvalue weighted by Crippen LogP contribution is 2.11. The number of amides is 2. The fraction of sp³-hybridized carbons (Fsp3) is 0.176. The summed E-state index contributed by atoms with van der Waals surface area (Å²) >= 11 is 0. The van der Waals surface area contributed by atoms with Gasteiger partial charge in [-0.05, 0) is 36.4 Å². The Morgan fingerprint density at radius 2 is 1.87 bits per heavy atom. The Balaban J connectivity index is 1.92. The molecular formula is C17H18N4O2. The first-order chi connectivity index (χ1) is 11.1. The molecule has 23 heavy (non-hydrogen) atoms. The van der Waals surface area contributed by atoms with Crippen LogP contribution in [0.25, 0.3) is 0 Å². The first-order valence-corrected chi connectivity index (χ1v) is 7.21. The number of hydrazone groups is 1. The first-order valence-electron chi connectivity index (χ1n) is 7.21. The number of nitrogens with one attached hydrogen (secondary N) is 2. The summed E-state index contributed by atoms with van der Waals surface area (Å²) in [7, 11) is 0. The van der Waals surface area contributed by atoms with Gasteiger partial charge in [-0.2, -0.15) is 5.10 Å². The van der Waals surface area contributed by atoms with E-state index in [0.29, 0.717) is 16.9 Å². The predicted molar refractivity (Wildman–Crippen MR) is 89.2 cm³/mol. The summed E-state index contributed by atoms with van der Waals surface area (Å²) in [5.74, 6) is -0.500. The third kappa shape index (κ3) is 5.03. The fourth-order valence-electron chi connectivity index (χ4n) is 1.67. The van der Waals surface area contributed by atoms with Crippen LogP contribution in [0.15, 0.2) is 53.8 Å². The van der Waals surface area contributed by atoms with Gasteiger partial charge in [0.15, 0.2) is 0 Å². The minimum absolute atomic E-state index is 0.0674. The van der Waals surface area contributed by atoms with E-state index in [1.165, 1.54) is 6.21 Å². The van der Waals surface area contributed by atoms with Crippen molar-refractivity contribution >= 4 is 23.7 Å². The van der Waals surface area contributed by atoms with Gasteiger partial charge in [0.2, 0.25) is 5.91 Å². The number of hydrogen-bond acceptors (Lipinski definition) is 4. The Morgan fingerprint density at radius 1 is 1.13 bits per heavy atom. The summed E-state index contributed by atoms with van der Waals surface area (Å²) in [6.45, 7) is 3.63. The SMILES string of the molecule is CC(C)C(=O)Nc1ccc(C(=O)N/N=C\c2ccccn2)cc1. The molecule has 2 aromatic rings. The van der Waals surface area contributed by atoms with Crippen molar-refractivity contribution in [2.75, 3.05) is 5.32 Å². The zero-order valence-electron chi connectivity index (χ0n) is 13.0. The highest BCUT2D eigenvalue weighted by Gasteiger charge is 2.08. The summed E-state index contributed by atoms with van der Waals surface area (Å²) in [5.41, 5.74) is 4.18. The van der Waals surface area contributed by atoms with Crippen molar-refractivity contribution in [3.63, 3.8) is 0 Å². The Morgan fingerprint density at radius 3 is 2.48 bits per heavy atom. The Bertz CT molecular complexity index is 694. The highest BCUT2D eigenvalue weighted by atomic mass is 16.2. The topological polar surface area (TPSA) is 83.5 Å². The van der Waals surface area contributed by atoms with Crippen LogP contribution < -0.4 is 10.7 Å². The van der Waals surface area contributed by atoms with E-state index < -0.39 is 0 Å². The third-order valence-electron chi connectivity index (χ3n) is 2.99. The lowest BCUT2D eigenvalue weighted by atomic mass is 10.1. The van der Waals surface area contributed by atoms with Crippen LogP contribution in [-0.4, -0.2) is 23.0 Å². The summed E-state index contributed by atoms with van der Waals surface area (Å²) in [4.78, 5) is 27.6. The molecule has 6 heteroatoms. The summed E-state index contributed by atoms with van der Waals surface area (Å²) in [5, 5.41) is 6.62. The molecule has 0 spiro atoms. The van der Waals surface area contributed by atoms with E-state index in [1.807, 2.05) is 19.9 Å². The van der Waals surface area contributed by atoms with Crippen molar-refractivity contribution in [1.29, 1.82) is 0 Å². The molecule has 6 nitrogen and oxygen atoms in total. The average molecular weight is 310 g/mol. The molecule has 0 fully saturated rings. The molecule has 0 atom stereocenters. The van der Waals surface area contributed by atoms with Crippen LogP contribution in [0.1, 0.15) is 29.9 Å². The van der Waals surface area contributed by atoms with Crippen molar-refractivity contribution < 1.29 is 9.59 Å². The lowest BCUT2D eigenvalue weighted by Gasteiger charge is -2.08. The molecule has 1 aromatic carbocycles. The Kier molecular flexibility index (Phi) is 5.57. The van der Waals surface area contributed by atoms with Crippen LogP contribution in [0.5, 0.6) is 0 Å². The quantitative estimate of drug-likeness (QED) is 0.657. The number of aromatic nitrogens is 1. The van der Waals surface area contributed by atoms with Crippen LogP contribution >= 0.6 is 0 Å². The second-order valence-corrected chi connectivity index (χ2v) is 5.18. The van der Waals surface area contributed by atoms with Gasteiger partial charge in [0.25, 0.3) is 5.91 Å². The van der Waals surface area contributed by atoms with Gasteiger partial charge in [0, 0.05) is 23.4 Å². The van der Waals surface area contributed by atoms with E-state index in [0.717, 1.165) is 0 Å². The van der Waals surface area contributed by atoms with E-state index in [9.17, 15) is 9.59 Å². The number of carbonyl (C=O) groups is 2. The first kappa shape index (κ1) is 16.4. The molecule has 0 unspecified atom stereocenters. The van der Waals surface area contributed by atoms with Crippen molar-refractivity contribution in [2.45, 2.75) is 13.8 Å². The smallest absolute Gasteiger partial charge is 0.271 e. The Labute approximate surface area is 134 Å². The molecule has 0 aliphatic heterocycles. The Hall–Kier alpha value is -3.02. The zero-order chi connectivity index (χ0) is 16.7.